The normalized spacial score (nSPS) is 10.9. The van der Waals surface area contributed by atoms with Crippen molar-refractivity contribution in [1.29, 1.82) is 5.26 Å². The van der Waals surface area contributed by atoms with Gasteiger partial charge in [-0.3, -0.25) is 0 Å². The van der Waals surface area contributed by atoms with Crippen LogP contribution in [0.25, 0.3) is 11.6 Å². The van der Waals surface area contributed by atoms with Crippen molar-refractivity contribution < 1.29 is 9.47 Å². The Kier molecular flexibility index (Phi) is 4.22. The van der Waals surface area contributed by atoms with E-state index < -0.39 is 0 Å². The van der Waals surface area contributed by atoms with Crippen molar-refractivity contribution in [2.24, 2.45) is 0 Å². The number of methoxy groups -OCH3 is 2. The fraction of sp³-hybridized carbons (Fsp3) is 0.133. The van der Waals surface area contributed by atoms with Crippen LogP contribution in [0.1, 0.15) is 10.4 Å². The van der Waals surface area contributed by atoms with Crippen molar-refractivity contribution in [3.63, 3.8) is 0 Å². The van der Waals surface area contributed by atoms with E-state index >= 15 is 0 Å². The van der Waals surface area contributed by atoms with Gasteiger partial charge >= 0.3 is 0 Å². The van der Waals surface area contributed by atoms with Crippen LogP contribution in [0.2, 0.25) is 0 Å². The maximum Gasteiger partial charge on any atom is 0.161 e. The smallest absolute Gasteiger partial charge is 0.161 e. The van der Waals surface area contributed by atoms with Gasteiger partial charge in [0.1, 0.15) is 0 Å². The molecule has 0 saturated carbocycles. The Morgan fingerprint density at radius 2 is 2.00 bits per heavy atom. The van der Waals surface area contributed by atoms with Crippen LogP contribution in [0.15, 0.2) is 35.7 Å². The van der Waals surface area contributed by atoms with Crippen LogP contribution in [0.3, 0.4) is 0 Å². The molecule has 0 unspecified atom stereocenters. The summed E-state index contributed by atoms with van der Waals surface area (Å²) in [5.74, 6) is 1.27. The van der Waals surface area contributed by atoms with Crippen molar-refractivity contribution >= 4 is 23.0 Å². The van der Waals surface area contributed by atoms with Gasteiger partial charge in [-0.05, 0) is 41.3 Å². The van der Waals surface area contributed by atoms with Crippen molar-refractivity contribution in [3.05, 3.63) is 46.2 Å². The predicted octanol–water partition coefficient (Wildman–Crippen LogP) is 3.83. The van der Waals surface area contributed by atoms with E-state index in [9.17, 15) is 5.26 Å². The number of allylic oxidation sites excluding steroid dienone is 1. The molecule has 19 heavy (non-hydrogen) atoms. The summed E-state index contributed by atoms with van der Waals surface area (Å²) in [4.78, 5) is 1.05. The van der Waals surface area contributed by atoms with Gasteiger partial charge in [-0.15, -0.1) is 11.3 Å². The molecule has 0 aliphatic carbocycles. The SMILES string of the molecule is COc1ccc(/C(C#N)=C\c2cccs2)cc1OC. The summed E-state index contributed by atoms with van der Waals surface area (Å²) in [6.45, 7) is 0. The Bertz CT molecular complexity index is 624. The molecule has 0 amide bonds. The molecule has 0 spiro atoms. The van der Waals surface area contributed by atoms with Gasteiger partial charge in [-0.2, -0.15) is 5.26 Å². The molecule has 2 aromatic rings. The lowest BCUT2D eigenvalue weighted by Crippen LogP contribution is -1.92. The van der Waals surface area contributed by atoms with E-state index in [0.717, 1.165) is 10.4 Å². The van der Waals surface area contributed by atoms with Gasteiger partial charge in [0.2, 0.25) is 0 Å². The number of ether oxygens (including phenoxy) is 2. The summed E-state index contributed by atoms with van der Waals surface area (Å²) in [5, 5.41) is 11.3. The summed E-state index contributed by atoms with van der Waals surface area (Å²) in [5.41, 5.74) is 1.41. The predicted molar refractivity (Wildman–Crippen MR) is 77.3 cm³/mol. The second-order valence-corrected chi connectivity index (χ2v) is 4.73. The van der Waals surface area contributed by atoms with E-state index in [0.29, 0.717) is 17.1 Å². The molecular weight excluding hydrogens is 258 g/mol. The third-order valence-electron chi connectivity index (χ3n) is 2.64. The number of nitriles is 1. The third kappa shape index (κ3) is 2.95. The Morgan fingerprint density at radius 3 is 2.58 bits per heavy atom. The largest absolute Gasteiger partial charge is 0.493 e. The van der Waals surface area contributed by atoms with E-state index in [-0.39, 0.29) is 0 Å². The molecule has 0 aliphatic heterocycles. The highest BCUT2D eigenvalue weighted by Crippen LogP contribution is 2.31. The lowest BCUT2D eigenvalue weighted by atomic mass is 10.1. The number of benzene rings is 1. The summed E-state index contributed by atoms with van der Waals surface area (Å²) in [6.07, 6.45) is 1.87. The first kappa shape index (κ1) is 13.2. The number of hydrogen-bond acceptors (Lipinski definition) is 4. The fourth-order valence-corrected chi connectivity index (χ4v) is 2.36. The van der Waals surface area contributed by atoms with Gasteiger partial charge in [0.15, 0.2) is 11.5 Å². The zero-order valence-electron chi connectivity index (χ0n) is 10.7. The van der Waals surface area contributed by atoms with Crippen molar-refractivity contribution in [3.8, 4) is 17.6 Å². The minimum Gasteiger partial charge on any atom is -0.493 e. The Morgan fingerprint density at radius 1 is 1.21 bits per heavy atom. The molecule has 0 aliphatic rings. The molecule has 96 valence electrons. The molecule has 1 heterocycles. The minimum atomic E-state index is 0.600. The summed E-state index contributed by atoms with van der Waals surface area (Å²) in [7, 11) is 3.17. The van der Waals surface area contributed by atoms with Crippen LogP contribution >= 0.6 is 11.3 Å². The molecule has 0 saturated heterocycles. The van der Waals surface area contributed by atoms with Crippen molar-refractivity contribution in [2.45, 2.75) is 0 Å². The van der Waals surface area contributed by atoms with E-state index in [1.165, 1.54) is 0 Å². The highest BCUT2D eigenvalue weighted by atomic mass is 32.1. The first-order chi connectivity index (χ1) is 9.28. The Balaban J connectivity index is 2.42. The molecule has 3 nitrogen and oxygen atoms in total. The van der Waals surface area contributed by atoms with Crippen LogP contribution in [-0.4, -0.2) is 14.2 Å². The topological polar surface area (TPSA) is 42.2 Å². The molecular formula is C15H13NO2S. The van der Waals surface area contributed by atoms with Gasteiger partial charge in [0.05, 0.1) is 25.9 Å². The minimum absolute atomic E-state index is 0.600. The van der Waals surface area contributed by atoms with Crippen LogP contribution in [0.4, 0.5) is 0 Å². The number of hydrogen-bond donors (Lipinski definition) is 0. The quantitative estimate of drug-likeness (QED) is 0.794. The highest BCUT2D eigenvalue weighted by Gasteiger charge is 2.08. The molecule has 2 rings (SSSR count). The monoisotopic (exact) mass is 271 g/mol. The van der Waals surface area contributed by atoms with Crippen LogP contribution in [0.5, 0.6) is 11.5 Å². The summed E-state index contributed by atoms with van der Waals surface area (Å²) >= 11 is 1.60. The summed E-state index contributed by atoms with van der Waals surface area (Å²) < 4.78 is 10.4. The Labute approximate surface area is 116 Å². The van der Waals surface area contributed by atoms with Crippen LogP contribution < -0.4 is 9.47 Å². The second-order valence-electron chi connectivity index (χ2n) is 3.75. The van der Waals surface area contributed by atoms with Gasteiger partial charge in [0.25, 0.3) is 0 Å². The van der Waals surface area contributed by atoms with Crippen LogP contribution in [0, 0.1) is 11.3 Å². The number of rotatable bonds is 4. The average molecular weight is 271 g/mol. The molecule has 0 N–H and O–H groups in total. The Hall–Kier alpha value is -2.25. The standard InChI is InChI=1S/C15H13NO2S/c1-17-14-6-5-11(9-15(14)18-2)12(10-16)8-13-4-3-7-19-13/h3-9H,1-2H3/b12-8-. The molecule has 4 heteroatoms. The van der Waals surface area contributed by atoms with Gasteiger partial charge < -0.3 is 9.47 Å². The first-order valence-corrected chi connectivity index (χ1v) is 6.54. The van der Waals surface area contributed by atoms with Crippen molar-refractivity contribution in [1.82, 2.24) is 0 Å². The average Bonchev–Trinajstić information content (AvgIpc) is 2.97. The number of nitrogens with zero attached hydrogens (tertiary/aromatic N) is 1. The molecule has 1 aromatic carbocycles. The van der Waals surface area contributed by atoms with E-state index in [4.69, 9.17) is 9.47 Å². The van der Waals surface area contributed by atoms with Gasteiger partial charge in [0, 0.05) is 4.88 Å². The zero-order valence-corrected chi connectivity index (χ0v) is 11.5. The van der Waals surface area contributed by atoms with Gasteiger partial charge in [-0.25, -0.2) is 0 Å². The molecule has 0 fully saturated rings. The van der Waals surface area contributed by atoms with E-state index in [2.05, 4.69) is 6.07 Å². The second kappa shape index (κ2) is 6.07. The lowest BCUT2D eigenvalue weighted by Gasteiger charge is -2.08. The summed E-state index contributed by atoms with van der Waals surface area (Å²) in [6, 6.07) is 11.6. The molecule has 0 radical (unpaired) electrons. The lowest BCUT2D eigenvalue weighted by molar-refractivity contribution is 0.355. The third-order valence-corrected chi connectivity index (χ3v) is 3.46. The molecule has 0 bridgehead atoms. The van der Waals surface area contributed by atoms with Crippen LogP contribution in [-0.2, 0) is 0 Å². The van der Waals surface area contributed by atoms with Crippen molar-refractivity contribution in [2.75, 3.05) is 14.2 Å². The van der Waals surface area contributed by atoms with E-state index in [1.54, 1.807) is 31.6 Å². The molecule has 0 atom stereocenters. The van der Waals surface area contributed by atoms with E-state index in [1.807, 2.05) is 35.7 Å². The van der Waals surface area contributed by atoms with Gasteiger partial charge in [-0.1, -0.05) is 6.07 Å². The first-order valence-electron chi connectivity index (χ1n) is 5.66. The zero-order chi connectivity index (χ0) is 13.7. The maximum atomic E-state index is 9.28. The maximum absolute atomic E-state index is 9.28. The fourth-order valence-electron chi connectivity index (χ4n) is 1.70. The highest BCUT2D eigenvalue weighted by molar-refractivity contribution is 7.10. The number of thiophene rings is 1. The molecule has 1 aromatic heterocycles.